The SMILES string of the molecule is CCCCNC(=O)NCCN1CCN(c2ccc(OCC3COC(Cn4ccnc4)(c4ccc(Cl)cc4Cl)O3)cc2)CC1. The van der Waals surface area contributed by atoms with E-state index in [1.807, 2.05) is 29.0 Å². The molecule has 43 heavy (non-hydrogen) atoms. The van der Waals surface area contributed by atoms with Gasteiger partial charge in [-0.1, -0.05) is 42.6 Å². The number of nitrogens with zero attached hydrogens (tertiary/aromatic N) is 4. The molecular formula is C31H40Cl2N6O4. The molecule has 2 aliphatic rings. The summed E-state index contributed by atoms with van der Waals surface area (Å²) >= 11 is 12.7. The highest BCUT2D eigenvalue weighted by Crippen LogP contribution is 2.40. The third kappa shape index (κ3) is 8.55. The van der Waals surface area contributed by atoms with E-state index in [0.717, 1.165) is 63.5 Å². The van der Waals surface area contributed by atoms with Crippen LogP contribution in [0.15, 0.2) is 61.2 Å². The number of unbranched alkanes of at least 4 members (excludes halogenated alkanes) is 1. The van der Waals surface area contributed by atoms with Crippen LogP contribution in [-0.4, -0.2) is 85.6 Å². The maximum Gasteiger partial charge on any atom is 0.314 e. The molecule has 2 saturated heterocycles. The Kier molecular flexibility index (Phi) is 11.0. The smallest absolute Gasteiger partial charge is 0.314 e. The number of amides is 2. The first-order valence-electron chi connectivity index (χ1n) is 14.9. The first-order valence-corrected chi connectivity index (χ1v) is 15.6. The number of ether oxygens (including phenoxy) is 3. The fraction of sp³-hybridized carbons (Fsp3) is 0.484. The molecule has 2 unspecified atom stereocenters. The number of anilines is 1. The van der Waals surface area contributed by atoms with Gasteiger partial charge in [-0.05, 0) is 42.8 Å². The minimum atomic E-state index is -1.08. The number of piperazine rings is 1. The van der Waals surface area contributed by atoms with E-state index in [9.17, 15) is 4.79 Å². The number of hydrogen-bond acceptors (Lipinski definition) is 7. The third-order valence-electron chi connectivity index (χ3n) is 7.69. The molecule has 2 fully saturated rings. The lowest BCUT2D eigenvalue weighted by Crippen LogP contribution is -2.49. The lowest BCUT2D eigenvalue weighted by atomic mass is 10.1. The Morgan fingerprint density at radius 2 is 1.88 bits per heavy atom. The summed E-state index contributed by atoms with van der Waals surface area (Å²) in [7, 11) is 0. The van der Waals surface area contributed by atoms with Crippen molar-refractivity contribution in [3.8, 4) is 5.75 Å². The summed E-state index contributed by atoms with van der Waals surface area (Å²) < 4.78 is 20.8. The van der Waals surface area contributed by atoms with Crippen LogP contribution in [-0.2, 0) is 21.8 Å². The van der Waals surface area contributed by atoms with Crippen LogP contribution in [0.2, 0.25) is 10.0 Å². The molecule has 0 spiro atoms. The molecule has 2 N–H and O–H groups in total. The Morgan fingerprint density at radius 1 is 1.09 bits per heavy atom. The minimum absolute atomic E-state index is 0.0822. The number of hydrogen-bond donors (Lipinski definition) is 2. The van der Waals surface area contributed by atoms with Gasteiger partial charge in [-0.2, -0.15) is 0 Å². The van der Waals surface area contributed by atoms with E-state index >= 15 is 0 Å². The Bertz CT molecular complexity index is 1300. The molecular weight excluding hydrogens is 591 g/mol. The van der Waals surface area contributed by atoms with Crippen LogP contribution in [0.1, 0.15) is 25.3 Å². The van der Waals surface area contributed by atoms with Crippen molar-refractivity contribution in [2.24, 2.45) is 0 Å². The summed E-state index contributed by atoms with van der Waals surface area (Å²) in [5.74, 6) is -0.314. The lowest BCUT2D eigenvalue weighted by molar-refractivity contribution is -0.189. The van der Waals surface area contributed by atoms with Gasteiger partial charge < -0.3 is 34.3 Å². The van der Waals surface area contributed by atoms with Gasteiger partial charge in [-0.3, -0.25) is 4.90 Å². The van der Waals surface area contributed by atoms with Gasteiger partial charge >= 0.3 is 6.03 Å². The highest BCUT2D eigenvalue weighted by atomic mass is 35.5. The van der Waals surface area contributed by atoms with Crippen LogP contribution >= 0.6 is 23.2 Å². The summed E-state index contributed by atoms with van der Waals surface area (Å²) in [6, 6.07) is 13.4. The molecule has 2 atom stereocenters. The summed E-state index contributed by atoms with van der Waals surface area (Å²) in [5.41, 5.74) is 1.88. The van der Waals surface area contributed by atoms with Crippen LogP contribution in [0.25, 0.3) is 0 Å². The summed E-state index contributed by atoms with van der Waals surface area (Å²) in [4.78, 5) is 20.7. The number of aromatic nitrogens is 2. The Balaban J connectivity index is 1.08. The van der Waals surface area contributed by atoms with Crippen molar-refractivity contribution in [1.82, 2.24) is 25.1 Å². The number of benzene rings is 2. The van der Waals surface area contributed by atoms with Gasteiger partial charge in [0.25, 0.3) is 0 Å². The maximum atomic E-state index is 11.8. The van der Waals surface area contributed by atoms with Crippen LogP contribution < -0.4 is 20.3 Å². The number of rotatable bonds is 13. The number of carbonyl (C=O) groups excluding carboxylic acids is 1. The van der Waals surface area contributed by atoms with Crippen LogP contribution in [0.4, 0.5) is 10.5 Å². The van der Waals surface area contributed by atoms with Gasteiger partial charge in [0.15, 0.2) is 0 Å². The standard InChI is InChI=1S/C31H40Cl2N6O4/c1-2-3-10-35-30(40)36-12-14-37-15-17-39(18-16-37)25-5-7-26(8-6-25)41-20-27-21-42-31(43-27,22-38-13-11-34-23-38)28-9-4-24(32)19-29(28)33/h4-9,11,13,19,23,27H,2-3,10,12,14-18,20-22H2,1H3,(H2,35,36,40). The van der Waals surface area contributed by atoms with E-state index in [1.54, 1.807) is 24.7 Å². The molecule has 3 aromatic rings. The van der Waals surface area contributed by atoms with E-state index in [2.05, 4.69) is 44.5 Å². The molecule has 232 valence electrons. The molecule has 2 amide bonds. The number of nitrogens with one attached hydrogen (secondary N) is 2. The first kappa shape index (κ1) is 31.4. The van der Waals surface area contributed by atoms with Crippen LogP contribution in [0.3, 0.4) is 0 Å². The predicted molar refractivity (Wildman–Crippen MR) is 168 cm³/mol. The average molecular weight is 632 g/mol. The summed E-state index contributed by atoms with van der Waals surface area (Å²) in [6.45, 7) is 9.18. The number of halogens is 2. The molecule has 0 aliphatic carbocycles. The maximum absolute atomic E-state index is 11.8. The second kappa shape index (κ2) is 15.1. The fourth-order valence-corrected chi connectivity index (χ4v) is 5.87. The first-order chi connectivity index (χ1) is 20.9. The highest BCUT2D eigenvalue weighted by Gasteiger charge is 2.45. The van der Waals surface area contributed by atoms with Gasteiger partial charge in [0, 0.05) is 74.5 Å². The van der Waals surface area contributed by atoms with Gasteiger partial charge in [-0.15, -0.1) is 0 Å². The van der Waals surface area contributed by atoms with E-state index in [-0.39, 0.29) is 12.1 Å². The lowest BCUT2D eigenvalue weighted by Gasteiger charge is -2.36. The molecule has 0 bridgehead atoms. The quantitative estimate of drug-likeness (QED) is 0.263. The van der Waals surface area contributed by atoms with E-state index in [1.165, 1.54) is 0 Å². The Hall–Kier alpha value is -3.02. The molecule has 3 heterocycles. The van der Waals surface area contributed by atoms with E-state index in [4.69, 9.17) is 37.4 Å². The van der Waals surface area contributed by atoms with E-state index < -0.39 is 5.79 Å². The molecule has 5 rings (SSSR count). The highest BCUT2D eigenvalue weighted by molar-refractivity contribution is 6.35. The topological polar surface area (TPSA) is 93.1 Å². The van der Waals surface area contributed by atoms with Gasteiger partial charge in [-0.25, -0.2) is 9.78 Å². The molecule has 2 aliphatic heterocycles. The molecule has 2 aromatic carbocycles. The van der Waals surface area contributed by atoms with Crippen molar-refractivity contribution < 1.29 is 19.0 Å². The molecule has 12 heteroatoms. The van der Waals surface area contributed by atoms with Gasteiger partial charge in [0.05, 0.1) is 24.5 Å². The fourth-order valence-electron chi connectivity index (χ4n) is 5.32. The average Bonchev–Trinajstić information content (AvgIpc) is 3.67. The van der Waals surface area contributed by atoms with Crippen molar-refractivity contribution in [2.75, 3.05) is 63.9 Å². The third-order valence-corrected chi connectivity index (χ3v) is 8.24. The molecule has 10 nitrogen and oxygen atoms in total. The Labute approximate surface area is 263 Å². The molecule has 1 aromatic heterocycles. The summed E-state index contributed by atoms with van der Waals surface area (Å²) in [5, 5.41) is 6.86. The van der Waals surface area contributed by atoms with Gasteiger partial charge in [0.2, 0.25) is 5.79 Å². The second-order valence-corrected chi connectivity index (χ2v) is 11.7. The normalized spacial score (nSPS) is 20.7. The monoisotopic (exact) mass is 630 g/mol. The number of imidazole rings is 1. The zero-order valence-electron chi connectivity index (χ0n) is 24.5. The van der Waals surface area contributed by atoms with Crippen molar-refractivity contribution in [3.63, 3.8) is 0 Å². The molecule has 0 saturated carbocycles. The zero-order valence-corrected chi connectivity index (χ0v) is 26.0. The van der Waals surface area contributed by atoms with Gasteiger partial charge in [0.1, 0.15) is 18.5 Å². The Morgan fingerprint density at radius 3 is 2.60 bits per heavy atom. The van der Waals surface area contributed by atoms with Crippen LogP contribution in [0, 0.1) is 0 Å². The van der Waals surface area contributed by atoms with Crippen molar-refractivity contribution in [2.45, 2.75) is 38.2 Å². The van der Waals surface area contributed by atoms with Crippen LogP contribution in [0.5, 0.6) is 5.75 Å². The van der Waals surface area contributed by atoms with Crippen molar-refractivity contribution in [3.05, 3.63) is 76.8 Å². The molecule has 0 radical (unpaired) electrons. The number of carbonyl (C=O) groups is 1. The minimum Gasteiger partial charge on any atom is -0.491 e. The predicted octanol–water partition coefficient (Wildman–Crippen LogP) is 4.76. The van der Waals surface area contributed by atoms with Crippen molar-refractivity contribution >= 4 is 34.9 Å². The van der Waals surface area contributed by atoms with Crippen molar-refractivity contribution in [1.29, 1.82) is 0 Å². The summed E-state index contributed by atoms with van der Waals surface area (Å²) in [6.07, 6.45) is 7.07. The number of urea groups is 1. The zero-order chi connectivity index (χ0) is 30.1. The largest absolute Gasteiger partial charge is 0.491 e. The van der Waals surface area contributed by atoms with E-state index in [0.29, 0.717) is 41.9 Å². The second-order valence-electron chi connectivity index (χ2n) is 10.8.